The third-order valence-corrected chi connectivity index (χ3v) is 4.16. The topological polar surface area (TPSA) is 57.5 Å². The van der Waals surface area contributed by atoms with Gasteiger partial charge in [0.05, 0.1) is 12.0 Å². The molecule has 2 N–H and O–H groups in total. The zero-order valence-corrected chi connectivity index (χ0v) is 11.2. The Balaban J connectivity index is 2.04. The lowest BCUT2D eigenvalue weighted by atomic mass is 9.78. The molecule has 0 aliphatic heterocycles. The van der Waals surface area contributed by atoms with E-state index in [1.165, 1.54) is 6.42 Å². The fourth-order valence-electron chi connectivity index (χ4n) is 3.03. The number of carboxylic acids is 1. The van der Waals surface area contributed by atoms with E-state index in [1.807, 2.05) is 30.3 Å². The van der Waals surface area contributed by atoms with E-state index < -0.39 is 18.0 Å². The number of rotatable bonds is 5. The molecule has 1 aliphatic rings. The van der Waals surface area contributed by atoms with Crippen molar-refractivity contribution in [2.45, 2.75) is 44.6 Å². The molecule has 0 radical (unpaired) electrons. The van der Waals surface area contributed by atoms with Gasteiger partial charge in [0.2, 0.25) is 0 Å². The number of aliphatic hydroxyl groups is 1. The number of aliphatic carboxylic acids is 1. The molecule has 1 aromatic rings. The summed E-state index contributed by atoms with van der Waals surface area (Å²) in [5.74, 6) is -1.43. The lowest BCUT2D eigenvalue weighted by Crippen LogP contribution is -2.36. The van der Waals surface area contributed by atoms with Crippen molar-refractivity contribution in [1.29, 1.82) is 0 Å². The van der Waals surface area contributed by atoms with Gasteiger partial charge in [-0.2, -0.15) is 0 Å². The first-order chi connectivity index (χ1) is 9.18. The van der Waals surface area contributed by atoms with Crippen LogP contribution in [0.3, 0.4) is 0 Å². The first-order valence-electron chi connectivity index (χ1n) is 7.13. The number of aliphatic hydroxyl groups excluding tert-OH is 1. The SMILES string of the molecule is O=C(O)[C@H](Cc1ccccc1)[C@@H](O)C1CCCCC1. The summed E-state index contributed by atoms with van der Waals surface area (Å²) >= 11 is 0. The Hall–Kier alpha value is -1.35. The van der Waals surface area contributed by atoms with Crippen molar-refractivity contribution in [2.75, 3.05) is 0 Å². The molecule has 1 fully saturated rings. The summed E-state index contributed by atoms with van der Waals surface area (Å²) in [4.78, 5) is 11.4. The molecule has 3 nitrogen and oxygen atoms in total. The van der Waals surface area contributed by atoms with Gasteiger partial charge in [0.1, 0.15) is 0 Å². The number of benzene rings is 1. The first kappa shape index (κ1) is 14.1. The molecular weight excluding hydrogens is 240 g/mol. The van der Waals surface area contributed by atoms with E-state index in [-0.39, 0.29) is 5.92 Å². The monoisotopic (exact) mass is 262 g/mol. The highest BCUT2D eigenvalue weighted by Crippen LogP contribution is 2.30. The molecule has 1 saturated carbocycles. The molecule has 0 unspecified atom stereocenters. The van der Waals surface area contributed by atoms with Gasteiger partial charge in [0, 0.05) is 0 Å². The molecule has 1 aromatic carbocycles. The second-order valence-corrected chi connectivity index (χ2v) is 5.52. The Morgan fingerprint density at radius 3 is 2.37 bits per heavy atom. The first-order valence-corrected chi connectivity index (χ1v) is 7.13. The van der Waals surface area contributed by atoms with Crippen molar-refractivity contribution in [3.05, 3.63) is 35.9 Å². The minimum Gasteiger partial charge on any atom is -0.481 e. The van der Waals surface area contributed by atoms with Crippen molar-refractivity contribution in [2.24, 2.45) is 11.8 Å². The van der Waals surface area contributed by atoms with E-state index in [2.05, 4.69) is 0 Å². The Kier molecular flexibility index (Phi) is 4.97. The highest BCUT2D eigenvalue weighted by molar-refractivity contribution is 5.71. The summed E-state index contributed by atoms with van der Waals surface area (Å²) in [5, 5.41) is 19.8. The van der Waals surface area contributed by atoms with Gasteiger partial charge in [0.15, 0.2) is 0 Å². The normalized spacial score (nSPS) is 19.8. The molecule has 0 aromatic heterocycles. The molecule has 0 amide bonds. The molecule has 3 heteroatoms. The summed E-state index contributed by atoms with van der Waals surface area (Å²) in [6.45, 7) is 0. The van der Waals surface area contributed by atoms with E-state index in [0.29, 0.717) is 6.42 Å². The molecular formula is C16H22O3. The van der Waals surface area contributed by atoms with E-state index in [1.54, 1.807) is 0 Å². The lowest BCUT2D eigenvalue weighted by Gasteiger charge is -2.30. The second kappa shape index (κ2) is 6.71. The molecule has 0 bridgehead atoms. The Morgan fingerprint density at radius 1 is 1.16 bits per heavy atom. The standard InChI is InChI=1S/C16H22O3/c17-15(13-9-5-2-6-10-13)14(16(18)19)11-12-7-3-1-4-8-12/h1,3-4,7-8,13-15,17H,2,5-6,9-11H2,(H,18,19)/t14-,15+/m1/s1. The fourth-order valence-corrected chi connectivity index (χ4v) is 3.03. The maximum Gasteiger partial charge on any atom is 0.309 e. The van der Waals surface area contributed by atoms with E-state index in [9.17, 15) is 15.0 Å². The Morgan fingerprint density at radius 2 is 1.79 bits per heavy atom. The lowest BCUT2D eigenvalue weighted by molar-refractivity contribution is -0.147. The second-order valence-electron chi connectivity index (χ2n) is 5.52. The van der Waals surface area contributed by atoms with Gasteiger partial charge in [-0.3, -0.25) is 4.79 Å². The van der Waals surface area contributed by atoms with E-state index >= 15 is 0 Å². The summed E-state index contributed by atoms with van der Waals surface area (Å²) in [6, 6.07) is 9.56. The molecule has 0 saturated heterocycles. The van der Waals surface area contributed by atoms with Crippen LogP contribution in [-0.2, 0) is 11.2 Å². The van der Waals surface area contributed by atoms with Crippen LogP contribution in [0.2, 0.25) is 0 Å². The smallest absolute Gasteiger partial charge is 0.309 e. The van der Waals surface area contributed by atoms with Crippen LogP contribution < -0.4 is 0 Å². The quantitative estimate of drug-likeness (QED) is 0.858. The summed E-state index contributed by atoms with van der Waals surface area (Å²) in [5.41, 5.74) is 0.977. The van der Waals surface area contributed by atoms with Gasteiger partial charge in [-0.15, -0.1) is 0 Å². The van der Waals surface area contributed by atoms with Crippen LogP contribution in [0.4, 0.5) is 0 Å². The minimum absolute atomic E-state index is 0.151. The zero-order valence-electron chi connectivity index (χ0n) is 11.2. The van der Waals surface area contributed by atoms with E-state index in [4.69, 9.17) is 0 Å². The van der Waals surface area contributed by atoms with Gasteiger partial charge in [0.25, 0.3) is 0 Å². The van der Waals surface area contributed by atoms with Crippen molar-refractivity contribution in [1.82, 2.24) is 0 Å². The van der Waals surface area contributed by atoms with Crippen LogP contribution in [0.1, 0.15) is 37.7 Å². The predicted molar refractivity (Wildman–Crippen MR) is 73.9 cm³/mol. The van der Waals surface area contributed by atoms with Crippen LogP contribution >= 0.6 is 0 Å². The van der Waals surface area contributed by atoms with Crippen LogP contribution in [0.5, 0.6) is 0 Å². The number of hydrogen-bond acceptors (Lipinski definition) is 2. The zero-order chi connectivity index (χ0) is 13.7. The predicted octanol–water partition coefficient (Wildman–Crippen LogP) is 2.87. The minimum atomic E-state index is -0.887. The fraction of sp³-hybridized carbons (Fsp3) is 0.562. The molecule has 1 aliphatic carbocycles. The third kappa shape index (κ3) is 3.80. The highest BCUT2D eigenvalue weighted by atomic mass is 16.4. The van der Waals surface area contributed by atoms with Crippen LogP contribution in [0.25, 0.3) is 0 Å². The molecule has 104 valence electrons. The van der Waals surface area contributed by atoms with Crippen molar-refractivity contribution in [3.8, 4) is 0 Å². The average molecular weight is 262 g/mol. The van der Waals surface area contributed by atoms with Crippen molar-refractivity contribution >= 4 is 5.97 Å². The van der Waals surface area contributed by atoms with Crippen molar-refractivity contribution < 1.29 is 15.0 Å². The number of carboxylic acid groups (broad SMARTS) is 1. The summed E-state index contributed by atoms with van der Waals surface area (Å²) < 4.78 is 0. The Bertz CT molecular complexity index is 396. The largest absolute Gasteiger partial charge is 0.481 e. The van der Waals surface area contributed by atoms with Crippen LogP contribution in [0, 0.1) is 11.8 Å². The molecule has 2 rings (SSSR count). The Labute approximate surface area is 114 Å². The molecule has 2 atom stereocenters. The summed E-state index contributed by atoms with van der Waals surface area (Å²) in [7, 11) is 0. The molecule has 19 heavy (non-hydrogen) atoms. The third-order valence-electron chi connectivity index (χ3n) is 4.16. The van der Waals surface area contributed by atoms with Crippen LogP contribution in [-0.4, -0.2) is 22.3 Å². The van der Waals surface area contributed by atoms with Gasteiger partial charge in [-0.05, 0) is 30.7 Å². The van der Waals surface area contributed by atoms with Crippen molar-refractivity contribution in [3.63, 3.8) is 0 Å². The maximum atomic E-state index is 11.4. The van der Waals surface area contributed by atoms with Crippen LogP contribution in [0.15, 0.2) is 30.3 Å². The summed E-state index contributed by atoms with van der Waals surface area (Å²) in [6.07, 6.45) is 5.03. The van der Waals surface area contributed by atoms with E-state index in [0.717, 1.165) is 31.2 Å². The number of carbonyl (C=O) groups is 1. The average Bonchev–Trinajstić information content (AvgIpc) is 2.46. The van der Waals surface area contributed by atoms with Gasteiger partial charge in [-0.1, -0.05) is 49.6 Å². The van der Waals surface area contributed by atoms with Gasteiger partial charge in [-0.25, -0.2) is 0 Å². The highest BCUT2D eigenvalue weighted by Gasteiger charge is 2.33. The molecule has 0 spiro atoms. The molecule has 0 heterocycles. The van der Waals surface area contributed by atoms with Gasteiger partial charge < -0.3 is 10.2 Å². The van der Waals surface area contributed by atoms with Gasteiger partial charge >= 0.3 is 5.97 Å². The maximum absolute atomic E-state index is 11.4. The number of hydrogen-bond donors (Lipinski definition) is 2.